The Labute approximate surface area is 154 Å². The largest absolute Gasteiger partial charge is 0.365 e. The molecule has 0 radical (unpaired) electrons. The maximum atomic E-state index is 12.6. The molecule has 0 aromatic carbocycles. The van der Waals surface area contributed by atoms with Gasteiger partial charge in [-0.2, -0.15) is 11.8 Å². The van der Waals surface area contributed by atoms with Crippen molar-refractivity contribution in [2.24, 2.45) is 22.7 Å². The number of carbonyl (C=O) groups is 2. The molecule has 3 saturated carbocycles. The molecule has 0 bridgehead atoms. The monoisotopic (exact) mass is 360 g/mol. The summed E-state index contributed by atoms with van der Waals surface area (Å²) in [6, 6.07) is 0. The Balaban J connectivity index is 1.60. The van der Waals surface area contributed by atoms with Crippen LogP contribution in [-0.2, 0) is 14.3 Å². The Bertz CT molecular complexity index is 685. The van der Waals surface area contributed by atoms with Gasteiger partial charge in [-0.3, -0.25) is 9.59 Å². The highest BCUT2D eigenvalue weighted by Gasteiger charge is 2.75. The fourth-order valence-electron chi connectivity index (χ4n) is 7.07. The first-order chi connectivity index (χ1) is 12.0. The van der Waals surface area contributed by atoms with Gasteiger partial charge in [-0.05, 0) is 55.9 Å². The van der Waals surface area contributed by atoms with E-state index >= 15 is 0 Å². The Morgan fingerprint density at radius 3 is 2.96 bits per heavy atom. The minimum absolute atomic E-state index is 0.0600. The summed E-state index contributed by atoms with van der Waals surface area (Å²) >= 11 is 1.90. The van der Waals surface area contributed by atoms with E-state index in [2.05, 4.69) is 19.3 Å². The van der Waals surface area contributed by atoms with Gasteiger partial charge < -0.3 is 4.74 Å². The lowest BCUT2D eigenvalue weighted by atomic mass is 9.48. The maximum Gasteiger partial charge on any atom is 0.139 e. The summed E-state index contributed by atoms with van der Waals surface area (Å²) in [6.07, 6.45) is 12.0. The van der Waals surface area contributed by atoms with Crippen LogP contribution in [-0.4, -0.2) is 35.3 Å². The van der Waals surface area contributed by atoms with E-state index in [1.807, 2.05) is 11.8 Å². The molecule has 5 rings (SSSR count). The quantitative estimate of drug-likeness (QED) is 0.565. The summed E-state index contributed by atoms with van der Waals surface area (Å²) in [7, 11) is 0. The standard InChI is InChI=1S/C21H28O3S/c1-19-7-6-16-14(15(19)3-4-17(19)23)11-18-21(24-18)12-13(22)5-8-20(16,21)9-10-25-2/h6,14-15,18H,3-5,7-12H2,1-2H3/t14-,15-,18-,19-,20-,21?/m0/s1. The molecule has 1 saturated heterocycles. The van der Waals surface area contributed by atoms with Gasteiger partial charge in [0.05, 0.1) is 6.10 Å². The first kappa shape index (κ1) is 16.6. The molecule has 4 fully saturated rings. The van der Waals surface area contributed by atoms with Crippen molar-refractivity contribution in [3.63, 3.8) is 0 Å². The van der Waals surface area contributed by atoms with Crippen molar-refractivity contribution in [3.8, 4) is 0 Å². The molecule has 0 aromatic rings. The van der Waals surface area contributed by atoms with E-state index in [-0.39, 0.29) is 22.5 Å². The van der Waals surface area contributed by atoms with Gasteiger partial charge in [0.1, 0.15) is 17.2 Å². The van der Waals surface area contributed by atoms with Crippen LogP contribution < -0.4 is 0 Å². The molecule has 3 nitrogen and oxygen atoms in total. The van der Waals surface area contributed by atoms with Crippen molar-refractivity contribution >= 4 is 23.3 Å². The summed E-state index contributed by atoms with van der Waals surface area (Å²) in [5.41, 5.74) is 1.30. The fourth-order valence-corrected chi connectivity index (χ4v) is 7.62. The lowest BCUT2D eigenvalue weighted by molar-refractivity contribution is -0.127. The average molecular weight is 361 g/mol. The van der Waals surface area contributed by atoms with E-state index < -0.39 is 0 Å². The topological polar surface area (TPSA) is 46.7 Å². The molecule has 25 heavy (non-hydrogen) atoms. The number of ether oxygens (including phenoxy) is 1. The molecular weight excluding hydrogens is 332 g/mol. The highest BCUT2D eigenvalue weighted by atomic mass is 32.2. The normalized spacial score (nSPS) is 50.5. The molecule has 4 heteroatoms. The van der Waals surface area contributed by atoms with Crippen LogP contribution >= 0.6 is 11.8 Å². The summed E-state index contributed by atoms with van der Waals surface area (Å²) in [5.74, 6) is 2.97. The number of fused-ring (bicyclic) bond motifs is 4. The van der Waals surface area contributed by atoms with Crippen molar-refractivity contribution in [2.75, 3.05) is 12.0 Å². The lowest BCUT2D eigenvalue weighted by Gasteiger charge is -2.54. The molecule has 1 aliphatic heterocycles. The van der Waals surface area contributed by atoms with Gasteiger partial charge in [0, 0.05) is 30.1 Å². The van der Waals surface area contributed by atoms with Gasteiger partial charge in [-0.1, -0.05) is 18.6 Å². The van der Waals surface area contributed by atoms with Gasteiger partial charge in [0.2, 0.25) is 0 Å². The van der Waals surface area contributed by atoms with Crippen LogP contribution in [0.5, 0.6) is 0 Å². The van der Waals surface area contributed by atoms with Crippen LogP contribution in [0.25, 0.3) is 0 Å². The van der Waals surface area contributed by atoms with E-state index in [0.717, 1.165) is 44.3 Å². The SMILES string of the molecule is CSCC[C@]12CCC(=O)CC13O[C@H]3C[C@@H]1C2=CC[C@]2(C)C(=O)CC[C@@H]12. The van der Waals surface area contributed by atoms with Gasteiger partial charge >= 0.3 is 0 Å². The number of epoxide rings is 1. The highest BCUT2D eigenvalue weighted by Crippen LogP contribution is 2.72. The van der Waals surface area contributed by atoms with Crippen LogP contribution in [0, 0.1) is 22.7 Å². The first-order valence-electron chi connectivity index (χ1n) is 9.89. The predicted octanol–water partition coefficient (Wildman–Crippen LogP) is 3.95. The molecular formula is C21H28O3S. The number of carbonyl (C=O) groups excluding carboxylic acids is 2. The van der Waals surface area contributed by atoms with Crippen LogP contribution in [0.3, 0.4) is 0 Å². The van der Waals surface area contributed by atoms with Crippen molar-refractivity contribution in [1.82, 2.24) is 0 Å². The number of hydrogen-bond donors (Lipinski definition) is 0. The second-order valence-corrected chi connectivity index (χ2v) is 10.2. The van der Waals surface area contributed by atoms with Gasteiger partial charge in [-0.15, -0.1) is 0 Å². The lowest BCUT2D eigenvalue weighted by Crippen LogP contribution is -2.55. The molecule has 6 atom stereocenters. The molecule has 1 heterocycles. The number of hydrogen-bond acceptors (Lipinski definition) is 4. The summed E-state index contributed by atoms with van der Waals surface area (Å²) in [5, 5.41) is 0. The van der Waals surface area contributed by atoms with Crippen molar-refractivity contribution in [3.05, 3.63) is 11.6 Å². The van der Waals surface area contributed by atoms with Crippen LogP contribution in [0.1, 0.15) is 58.3 Å². The first-order valence-corrected chi connectivity index (χ1v) is 11.3. The summed E-state index contributed by atoms with van der Waals surface area (Å²) in [6.45, 7) is 2.20. The minimum atomic E-state index is -0.198. The Hall–Kier alpha value is -0.610. The van der Waals surface area contributed by atoms with E-state index in [1.165, 1.54) is 0 Å². The molecule has 136 valence electrons. The van der Waals surface area contributed by atoms with Gasteiger partial charge in [0.15, 0.2) is 0 Å². The summed E-state index contributed by atoms with van der Waals surface area (Å²) in [4.78, 5) is 24.8. The zero-order valence-corrected chi connectivity index (χ0v) is 16.1. The van der Waals surface area contributed by atoms with E-state index in [4.69, 9.17) is 4.74 Å². The Morgan fingerprint density at radius 1 is 1.32 bits per heavy atom. The van der Waals surface area contributed by atoms with Crippen LogP contribution in [0.4, 0.5) is 0 Å². The third kappa shape index (κ3) is 1.93. The minimum Gasteiger partial charge on any atom is -0.365 e. The Kier molecular flexibility index (Phi) is 3.46. The third-order valence-electron chi connectivity index (χ3n) is 8.44. The molecule has 0 N–H and O–H groups in total. The molecule has 4 aliphatic carbocycles. The smallest absolute Gasteiger partial charge is 0.139 e. The second kappa shape index (κ2) is 5.22. The van der Waals surface area contributed by atoms with Crippen molar-refractivity contribution in [2.45, 2.75) is 70.0 Å². The Morgan fingerprint density at radius 2 is 2.16 bits per heavy atom. The van der Waals surface area contributed by atoms with Gasteiger partial charge in [0.25, 0.3) is 0 Å². The highest BCUT2D eigenvalue weighted by molar-refractivity contribution is 7.98. The van der Waals surface area contributed by atoms with E-state index in [0.29, 0.717) is 36.2 Å². The number of ketones is 2. The maximum absolute atomic E-state index is 12.6. The number of rotatable bonds is 3. The molecule has 0 aromatic heterocycles. The second-order valence-electron chi connectivity index (χ2n) is 9.23. The van der Waals surface area contributed by atoms with E-state index in [9.17, 15) is 9.59 Å². The van der Waals surface area contributed by atoms with Crippen LogP contribution in [0.2, 0.25) is 0 Å². The number of Topliss-reactive ketones (excluding diaryl/α,β-unsaturated/α-hetero) is 2. The molecule has 1 spiro atoms. The summed E-state index contributed by atoms with van der Waals surface area (Å²) < 4.78 is 6.38. The van der Waals surface area contributed by atoms with Crippen LogP contribution in [0.15, 0.2) is 11.6 Å². The predicted molar refractivity (Wildman–Crippen MR) is 98.5 cm³/mol. The van der Waals surface area contributed by atoms with E-state index in [1.54, 1.807) is 5.57 Å². The number of allylic oxidation sites excluding steroid dienone is 1. The van der Waals surface area contributed by atoms with Crippen molar-refractivity contribution in [1.29, 1.82) is 0 Å². The number of thioether (sulfide) groups is 1. The zero-order chi connectivity index (χ0) is 17.4. The average Bonchev–Trinajstić information content (AvgIpc) is 3.20. The molecule has 1 unspecified atom stereocenters. The van der Waals surface area contributed by atoms with Crippen molar-refractivity contribution < 1.29 is 14.3 Å². The fraction of sp³-hybridized carbons (Fsp3) is 0.810. The third-order valence-corrected chi connectivity index (χ3v) is 9.05. The molecule has 0 amide bonds. The molecule has 5 aliphatic rings. The van der Waals surface area contributed by atoms with Gasteiger partial charge in [-0.25, -0.2) is 0 Å². The zero-order valence-electron chi connectivity index (χ0n) is 15.3.